The monoisotopic (exact) mass is 336 g/mol. The first-order valence-corrected chi connectivity index (χ1v) is 8.85. The second kappa shape index (κ2) is 6.76. The van der Waals surface area contributed by atoms with Crippen LogP contribution in [0, 0.1) is 0 Å². The van der Waals surface area contributed by atoms with Crippen molar-refractivity contribution < 1.29 is 4.74 Å². The molecule has 0 aliphatic carbocycles. The highest BCUT2D eigenvalue weighted by Gasteiger charge is 2.19. The minimum atomic E-state index is 0.295. The van der Waals surface area contributed by atoms with Crippen LogP contribution in [-0.4, -0.2) is 41.1 Å². The van der Waals surface area contributed by atoms with Gasteiger partial charge in [-0.25, -0.2) is 4.98 Å². The molecule has 0 amide bonds. The number of imidazole rings is 1. The summed E-state index contributed by atoms with van der Waals surface area (Å²) in [7, 11) is 2.16. The minimum absolute atomic E-state index is 0.295. The molecule has 1 saturated heterocycles. The van der Waals surface area contributed by atoms with Gasteiger partial charge in [-0.2, -0.15) is 0 Å². The second-order valence-corrected chi connectivity index (χ2v) is 6.83. The summed E-state index contributed by atoms with van der Waals surface area (Å²) in [6.45, 7) is 2.19. The number of aromatic amines is 1. The molecule has 2 heterocycles. The first-order chi connectivity index (χ1) is 12.2. The van der Waals surface area contributed by atoms with E-state index in [4.69, 9.17) is 10.5 Å². The van der Waals surface area contributed by atoms with E-state index in [9.17, 15) is 0 Å². The summed E-state index contributed by atoms with van der Waals surface area (Å²) in [5, 5.41) is 0. The topological polar surface area (TPSA) is 67.2 Å². The first-order valence-electron chi connectivity index (χ1n) is 8.85. The zero-order valence-electron chi connectivity index (χ0n) is 14.5. The minimum Gasteiger partial charge on any atom is -0.490 e. The van der Waals surface area contributed by atoms with Gasteiger partial charge in [-0.15, -0.1) is 0 Å². The summed E-state index contributed by atoms with van der Waals surface area (Å²) >= 11 is 0. The van der Waals surface area contributed by atoms with Crippen LogP contribution >= 0.6 is 0 Å². The van der Waals surface area contributed by atoms with Crippen molar-refractivity contribution >= 4 is 16.7 Å². The number of H-pyrrole nitrogens is 1. The van der Waals surface area contributed by atoms with E-state index in [-0.39, 0.29) is 0 Å². The molecule has 5 heteroatoms. The van der Waals surface area contributed by atoms with Gasteiger partial charge in [0.1, 0.15) is 17.7 Å². The van der Waals surface area contributed by atoms with Crippen LogP contribution in [0.2, 0.25) is 0 Å². The Morgan fingerprint density at radius 3 is 2.76 bits per heavy atom. The highest BCUT2D eigenvalue weighted by atomic mass is 16.5. The summed E-state index contributed by atoms with van der Waals surface area (Å²) < 4.78 is 6.31. The number of nitrogens with one attached hydrogen (secondary N) is 1. The predicted molar refractivity (Wildman–Crippen MR) is 101 cm³/mol. The molecule has 130 valence electrons. The number of nitrogens with zero attached hydrogens (tertiary/aromatic N) is 2. The number of para-hydroxylation sites is 2. The number of piperidine rings is 1. The Labute approximate surface area is 147 Å². The van der Waals surface area contributed by atoms with Crippen LogP contribution in [0.15, 0.2) is 42.5 Å². The van der Waals surface area contributed by atoms with E-state index in [1.54, 1.807) is 0 Å². The first kappa shape index (κ1) is 16.0. The average Bonchev–Trinajstić information content (AvgIpc) is 3.03. The third-order valence-corrected chi connectivity index (χ3v) is 4.89. The number of aromatic nitrogens is 2. The fourth-order valence-corrected chi connectivity index (χ4v) is 3.42. The van der Waals surface area contributed by atoms with Crippen LogP contribution in [0.3, 0.4) is 0 Å². The number of rotatable bonds is 4. The highest BCUT2D eigenvalue weighted by molar-refractivity contribution is 5.86. The van der Waals surface area contributed by atoms with Gasteiger partial charge in [0, 0.05) is 25.1 Å². The zero-order chi connectivity index (χ0) is 17.2. The summed E-state index contributed by atoms with van der Waals surface area (Å²) in [5.74, 6) is 1.87. The molecule has 4 rings (SSSR count). The maximum Gasteiger partial charge on any atom is 0.123 e. The standard InChI is InChI=1S/C20H24N4O/c1-24-11-9-15(10-12-24)25-18-8-3-2-5-14(18)13-19-22-17-7-4-6-16(21)20(17)23-19/h2-8,15H,9-13,21H2,1H3,(H,22,23). The molecule has 25 heavy (non-hydrogen) atoms. The maximum absolute atomic E-state index is 6.31. The van der Waals surface area contributed by atoms with Crippen molar-refractivity contribution in [2.45, 2.75) is 25.4 Å². The van der Waals surface area contributed by atoms with E-state index >= 15 is 0 Å². The predicted octanol–water partition coefficient (Wildman–Crippen LogP) is 3.21. The molecule has 5 nitrogen and oxygen atoms in total. The molecule has 0 radical (unpaired) electrons. The fraction of sp³-hybridized carbons (Fsp3) is 0.350. The van der Waals surface area contributed by atoms with E-state index in [1.165, 1.54) is 0 Å². The Balaban J connectivity index is 1.54. The maximum atomic E-state index is 6.31. The zero-order valence-corrected chi connectivity index (χ0v) is 14.5. The molecule has 1 fully saturated rings. The van der Waals surface area contributed by atoms with Crippen molar-refractivity contribution in [1.29, 1.82) is 0 Å². The number of likely N-dealkylation sites (tertiary alicyclic amines) is 1. The van der Waals surface area contributed by atoms with Crippen molar-refractivity contribution in [3.8, 4) is 5.75 Å². The van der Waals surface area contributed by atoms with Crippen LogP contribution in [0.1, 0.15) is 24.2 Å². The molecule has 1 aliphatic heterocycles. The van der Waals surface area contributed by atoms with Crippen LogP contribution < -0.4 is 10.5 Å². The molecule has 1 aromatic heterocycles. The van der Waals surface area contributed by atoms with Crippen LogP contribution in [0.25, 0.3) is 11.0 Å². The molecular formula is C20H24N4O. The Morgan fingerprint density at radius 1 is 1.16 bits per heavy atom. The van der Waals surface area contributed by atoms with Crippen LogP contribution in [-0.2, 0) is 6.42 Å². The lowest BCUT2D eigenvalue weighted by Gasteiger charge is -2.29. The molecule has 0 unspecified atom stereocenters. The van der Waals surface area contributed by atoms with Gasteiger partial charge in [0.05, 0.1) is 16.7 Å². The fourth-order valence-electron chi connectivity index (χ4n) is 3.42. The molecule has 3 N–H and O–H groups in total. The Morgan fingerprint density at radius 2 is 1.96 bits per heavy atom. The number of hydrogen-bond donors (Lipinski definition) is 2. The Kier molecular flexibility index (Phi) is 4.32. The normalized spacial score (nSPS) is 16.4. The van der Waals surface area contributed by atoms with Gasteiger partial charge in [-0.05, 0) is 38.1 Å². The van der Waals surface area contributed by atoms with Crippen molar-refractivity contribution in [2.75, 3.05) is 25.9 Å². The third kappa shape index (κ3) is 3.46. The highest BCUT2D eigenvalue weighted by Crippen LogP contribution is 2.26. The average molecular weight is 336 g/mol. The van der Waals surface area contributed by atoms with Gasteiger partial charge in [0.25, 0.3) is 0 Å². The number of anilines is 1. The van der Waals surface area contributed by atoms with Gasteiger partial charge in [0.2, 0.25) is 0 Å². The van der Waals surface area contributed by atoms with Crippen molar-refractivity contribution in [1.82, 2.24) is 14.9 Å². The number of ether oxygens (including phenoxy) is 1. The largest absolute Gasteiger partial charge is 0.490 e. The number of hydrogen-bond acceptors (Lipinski definition) is 4. The van der Waals surface area contributed by atoms with E-state index < -0.39 is 0 Å². The number of fused-ring (bicyclic) bond motifs is 1. The Bertz CT molecular complexity index is 865. The van der Waals surface area contributed by atoms with Crippen molar-refractivity contribution in [2.24, 2.45) is 0 Å². The molecule has 0 saturated carbocycles. The smallest absolute Gasteiger partial charge is 0.123 e. The molecular weight excluding hydrogens is 312 g/mol. The molecule has 0 bridgehead atoms. The second-order valence-electron chi connectivity index (χ2n) is 6.83. The van der Waals surface area contributed by atoms with E-state index in [1.807, 2.05) is 30.3 Å². The Hall–Kier alpha value is -2.53. The third-order valence-electron chi connectivity index (χ3n) is 4.89. The number of benzene rings is 2. The van der Waals surface area contributed by atoms with Gasteiger partial charge in [-0.3, -0.25) is 0 Å². The lowest BCUT2D eigenvalue weighted by molar-refractivity contribution is 0.113. The van der Waals surface area contributed by atoms with Crippen molar-refractivity contribution in [3.63, 3.8) is 0 Å². The summed E-state index contributed by atoms with van der Waals surface area (Å²) in [4.78, 5) is 10.4. The quantitative estimate of drug-likeness (QED) is 0.718. The van der Waals surface area contributed by atoms with Crippen LogP contribution in [0.4, 0.5) is 5.69 Å². The molecule has 1 aliphatic rings. The number of nitrogen functional groups attached to an aromatic ring is 1. The van der Waals surface area contributed by atoms with Gasteiger partial charge in [0.15, 0.2) is 0 Å². The summed E-state index contributed by atoms with van der Waals surface area (Å²) in [6.07, 6.45) is 3.15. The molecule has 3 aromatic rings. The number of nitrogens with two attached hydrogens (primary N) is 1. The molecule has 0 atom stereocenters. The lowest BCUT2D eigenvalue weighted by Crippen LogP contribution is -2.35. The van der Waals surface area contributed by atoms with Crippen molar-refractivity contribution in [3.05, 3.63) is 53.9 Å². The lowest BCUT2D eigenvalue weighted by atomic mass is 10.1. The SMILES string of the molecule is CN1CCC(Oc2ccccc2Cc2nc3cccc(N)c3[nH]2)CC1. The van der Waals surface area contributed by atoms with Gasteiger partial charge in [-0.1, -0.05) is 24.3 Å². The van der Waals surface area contributed by atoms with E-state index in [0.29, 0.717) is 12.5 Å². The molecule has 2 aromatic carbocycles. The van der Waals surface area contributed by atoms with E-state index in [0.717, 1.165) is 59.8 Å². The van der Waals surface area contributed by atoms with Gasteiger partial charge < -0.3 is 20.4 Å². The van der Waals surface area contributed by atoms with Gasteiger partial charge >= 0.3 is 0 Å². The summed E-state index contributed by atoms with van der Waals surface area (Å²) in [5.41, 5.74) is 9.72. The van der Waals surface area contributed by atoms with Crippen LogP contribution in [0.5, 0.6) is 5.75 Å². The molecule has 0 spiro atoms. The van der Waals surface area contributed by atoms with E-state index in [2.05, 4.69) is 34.0 Å². The summed E-state index contributed by atoms with van der Waals surface area (Å²) in [6, 6.07) is 14.1.